The minimum absolute atomic E-state index is 0.0583. The highest BCUT2D eigenvalue weighted by Crippen LogP contribution is 2.31. The van der Waals surface area contributed by atoms with Crippen LogP contribution in [0.2, 0.25) is 0 Å². The first kappa shape index (κ1) is 20.1. The maximum atomic E-state index is 10.9. The lowest BCUT2D eigenvalue weighted by Crippen LogP contribution is -2.46. The minimum Gasteiger partial charge on any atom is -0.387 e. The van der Waals surface area contributed by atoms with Gasteiger partial charge in [0.2, 0.25) is 0 Å². The summed E-state index contributed by atoms with van der Waals surface area (Å²) in [7, 11) is 4.02. The Kier molecular flexibility index (Phi) is 7.35. The van der Waals surface area contributed by atoms with E-state index in [0.29, 0.717) is 6.54 Å². The molecule has 0 aliphatic carbocycles. The van der Waals surface area contributed by atoms with E-state index in [-0.39, 0.29) is 18.1 Å². The van der Waals surface area contributed by atoms with Gasteiger partial charge in [0, 0.05) is 12.1 Å². The molecule has 0 saturated heterocycles. The highest BCUT2D eigenvalue weighted by Gasteiger charge is 2.32. The summed E-state index contributed by atoms with van der Waals surface area (Å²) in [4.78, 5) is 4.27. The van der Waals surface area contributed by atoms with Crippen molar-refractivity contribution >= 4 is 0 Å². The van der Waals surface area contributed by atoms with Gasteiger partial charge in [-0.3, -0.25) is 9.80 Å². The molecule has 0 radical (unpaired) electrons. The minimum atomic E-state index is -0.583. The van der Waals surface area contributed by atoms with Crippen LogP contribution in [0.1, 0.15) is 37.1 Å². The highest BCUT2D eigenvalue weighted by molar-refractivity contribution is 5.23. The molecule has 0 fully saturated rings. The van der Waals surface area contributed by atoms with Crippen molar-refractivity contribution in [3.63, 3.8) is 0 Å². The molecule has 2 aromatic rings. The van der Waals surface area contributed by atoms with E-state index in [1.165, 1.54) is 5.56 Å². The number of aliphatic hydroxyl groups excluding tert-OH is 1. The molecule has 4 atom stereocenters. The van der Waals surface area contributed by atoms with Crippen LogP contribution in [-0.4, -0.2) is 47.6 Å². The number of nitrogens with zero attached hydrogens (tertiary/aromatic N) is 3. The topological polar surface area (TPSA) is 50.5 Å². The molecule has 0 unspecified atom stereocenters. The normalized spacial score (nSPS) is 16.1. The van der Waals surface area contributed by atoms with Gasteiger partial charge in [-0.2, -0.15) is 5.26 Å². The maximum Gasteiger partial charge on any atom is 0.0942 e. The van der Waals surface area contributed by atoms with Gasteiger partial charge in [-0.05, 0) is 39.1 Å². The van der Waals surface area contributed by atoms with Crippen LogP contribution in [0.3, 0.4) is 0 Å². The smallest absolute Gasteiger partial charge is 0.0942 e. The second kappa shape index (κ2) is 9.49. The Morgan fingerprint density at radius 3 is 1.88 bits per heavy atom. The lowest BCUT2D eigenvalue weighted by atomic mass is 9.94. The number of benzene rings is 2. The van der Waals surface area contributed by atoms with E-state index in [9.17, 15) is 5.11 Å². The van der Waals surface area contributed by atoms with Gasteiger partial charge in [0.05, 0.1) is 24.8 Å². The Balaban J connectivity index is 2.30. The largest absolute Gasteiger partial charge is 0.387 e. The summed E-state index contributed by atoms with van der Waals surface area (Å²) in [6.45, 7) is 4.55. The zero-order valence-corrected chi connectivity index (χ0v) is 16.1. The van der Waals surface area contributed by atoms with Crippen molar-refractivity contribution in [1.82, 2.24) is 9.80 Å². The lowest BCUT2D eigenvalue weighted by molar-refractivity contribution is 0.0244. The monoisotopic (exact) mass is 351 g/mol. The third-order valence-electron chi connectivity index (χ3n) is 5.29. The van der Waals surface area contributed by atoms with Crippen LogP contribution in [0.15, 0.2) is 60.7 Å². The molecule has 2 aromatic carbocycles. The van der Waals surface area contributed by atoms with E-state index in [2.05, 4.69) is 34.9 Å². The second-order valence-corrected chi connectivity index (χ2v) is 6.93. The van der Waals surface area contributed by atoms with Crippen LogP contribution in [0.25, 0.3) is 0 Å². The number of hydrogen-bond donors (Lipinski definition) is 1. The zero-order chi connectivity index (χ0) is 19.1. The predicted molar refractivity (Wildman–Crippen MR) is 106 cm³/mol. The molecule has 0 aromatic heterocycles. The molecule has 0 aliphatic heterocycles. The number of aliphatic hydroxyl groups is 1. The Morgan fingerprint density at radius 1 is 0.885 bits per heavy atom. The molecular formula is C22H29N3O. The van der Waals surface area contributed by atoms with Gasteiger partial charge in [-0.25, -0.2) is 0 Å². The molecule has 0 heterocycles. The standard InChI is InChI=1S/C22H29N3O/c1-17(24(3)16-15-23)21(19-11-7-5-8-12-19)25(4)18(2)22(26)20-13-9-6-10-14-20/h5-14,17-18,21-22,26H,16H2,1-4H3/t17-,18-,21-,22-/m0/s1. The molecule has 0 saturated carbocycles. The molecule has 4 nitrogen and oxygen atoms in total. The third kappa shape index (κ3) is 4.70. The van der Waals surface area contributed by atoms with Crippen molar-refractivity contribution in [2.45, 2.75) is 38.1 Å². The molecule has 1 N–H and O–H groups in total. The molecule has 26 heavy (non-hydrogen) atoms. The van der Waals surface area contributed by atoms with Gasteiger partial charge in [0.25, 0.3) is 0 Å². The Bertz CT molecular complexity index is 698. The number of likely N-dealkylation sites (N-methyl/N-ethyl adjacent to an activating group) is 2. The molecule has 0 amide bonds. The molecule has 138 valence electrons. The first-order valence-corrected chi connectivity index (χ1v) is 9.04. The van der Waals surface area contributed by atoms with Crippen molar-refractivity contribution in [2.24, 2.45) is 0 Å². The van der Waals surface area contributed by atoms with Gasteiger partial charge >= 0.3 is 0 Å². The summed E-state index contributed by atoms with van der Waals surface area (Å²) in [6, 6.07) is 22.4. The Labute approximate surface area is 157 Å². The van der Waals surface area contributed by atoms with Gasteiger partial charge in [0.1, 0.15) is 0 Å². The second-order valence-electron chi connectivity index (χ2n) is 6.93. The van der Waals surface area contributed by atoms with Crippen molar-refractivity contribution < 1.29 is 5.11 Å². The van der Waals surface area contributed by atoms with Gasteiger partial charge in [0.15, 0.2) is 0 Å². The van der Waals surface area contributed by atoms with E-state index in [0.717, 1.165) is 5.56 Å². The summed E-state index contributed by atoms with van der Waals surface area (Å²) in [6.07, 6.45) is -0.583. The van der Waals surface area contributed by atoms with Gasteiger partial charge in [-0.15, -0.1) is 0 Å². The molecule has 2 rings (SSSR count). The van der Waals surface area contributed by atoms with Crippen molar-refractivity contribution in [2.75, 3.05) is 20.6 Å². The van der Waals surface area contributed by atoms with Crippen LogP contribution >= 0.6 is 0 Å². The van der Waals surface area contributed by atoms with E-state index >= 15 is 0 Å². The third-order valence-corrected chi connectivity index (χ3v) is 5.29. The fourth-order valence-electron chi connectivity index (χ4n) is 3.41. The molecular weight excluding hydrogens is 322 g/mol. The van der Waals surface area contributed by atoms with Crippen LogP contribution < -0.4 is 0 Å². The molecule has 0 aliphatic rings. The quantitative estimate of drug-likeness (QED) is 0.738. The summed E-state index contributed by atoms with van der Waals surface area (Å²) in [5.41, 5.74) is 2.09. The van der Waals surface area contributed by atoms with Crippen LogP contribution in [0, 0.1) is 11.3 Å². The predicted octanol–water partition coefficient (Wildman–Crippen LogP) is 3.63. The molecule has 0 spiro atoms. The van der Waals surface area contributed by atoms with E-state index in [4.69, 9.17) is 5.26 Å². The van der Waals surface area contributed by atoms with Crippen LogP contribution in [0.5, 0.6) is 0 Å². The fraction of sp³-hybridized carbons (Fsp3) is 0.409. The van der Waals surface area contributed by atoms with E-state index in [1.807, 2.05) is 69.6 Å². The summed E-state index contributed by atoms with van der Waals surface area (Å²) < 4.78 is 0. The van der Waals surface area contributed by atoms with Crippen molar-refractivity contribution in [3.05, 3.63) is 71.8 Å². The van der Waals surface area contributed by atoms with Gasteiger partial charge in [-0.1, -0.05) is 60.7 Å². The van der Waals surface area contributed by atoms with Crippen molar-refractivity contribution in [3.8, 4) is 6.07 Å². The number of hydrogen-bond acceptors (Lipinski definition) is 4. The fourth-order valence-corrected chi connectivity index (χ4v) is 3.41. The summed E-state index contributed by atoms with van der Waals surface area (Å²) in [5.74, 6) is 0. The van der Waals surface area contributed by atoms with Crippen LogP contribution in [-0.2, 0) is 0 Å². The first-order valence-electron chi connectivity index (χ1n) is 9.04. The Hall–Kier alpha value is -2.19. The van der Waals surface area contributed by atoms with Gasteiger partial charge < -0.3 is 5.11 Å². The summed E-state index contributed by atoms with van der Waals surface area (Å²) >= 11 is 0. The average molecular weight is 351 g/mol. The first-order chi connectivity index (χ1) is 12.5. The SMILES string of the molecule is C[C@@H]([C@@H](c1ccccc1)N(C)[C@@H](C)[C@H](O)c1ccccc1)N(C)CC#N. The number of rotatable bonds is 8. The zero-order valence-electron chi connectivity index (χ0n) is 16.1. The Morgan fingerprint density at radius 2 is 1.38 bits per heavy atom. The average Bonchev–Trinajstić information content (AvgIpc) is 2.68. The summed E-state index contributed by atoms with van der Waals surface area (Å²) in [5, 5.41) is 19.9. The lowest BCUT2D eigenvalue weighted by Gasteiger charge is -2.41. The number of nitriles is 1. The molecule has 0 bridgehead atoms. The maximum absolute atomic E-state index is 10.9. The van der Waals surface area contributed by atoms with Crippen LogP contribution in [0.4, 0.5) is 0 Å². The van der Waals surface area contributed by atoms with E-state index in [1.54, 1.807) is 0 Å². The van der Waals surface area contributed by atoms with E-state index < -0.39 is 6.10 Å². The highest BCUT2D eigenvalue weighted by atomic mass is 16.3. The van der Waals surface area contributed by atoms with Crippen molar-refractivity contribution in [1.29, 1.82) is 5.26 Å². The molecule has 4 heteroatoms.